The zero-order valence-corrected chi connectivity index (χ0v) is 11.6. The van der Waals surface area contributed by atoms with Gasteiger partial charge in [-0.05, 0) is 17.1 Å². The van der Waals surface area contributed by atoms with Gasteiger partial charge in [0.15, 0.2) is 0 Å². The van der Waals surface area contributed by atoms with Gasteiger partial charge in [0.05, 0.1) is 8.80 Å². The first-order chi connectivity index (χ1) is 8.93. The number of benzene rings is 1. The maximum absolute atomic E-state index is 2.39. The van der Waals surface area contributed by atoms with Crippen LogP contribution in [0.5, 0.6) is 0 Å². The van der Waals surface area contributed by atoms with Crippen LogP contribution in [0.1, 0.15) is 5.56 Å². The van der Waals surface area contributed by atoms with Crippen molar-refractivity contribution in [2.24, 2.45) is 0 Å². The SMILES string of the molecule is C1=CC([SiH](Cc2ccccc2)C2C=CC=C2)C=C1. The Kier molecular flexibility index (Phi) is 3.42. The van der Waals surface area contributed by atoms with Gasteiger partial charge in [-0.3, -0.25) is 0 Å². The summed E-state index contributed by atoms with van der Waals surface area (Å²) in [5, 5.41) is 0. The molecule has 0 atom stereocenters. The molecule has 0 nitrogen and oxygen atoms in total. The van der Waals surface area contributed by atoms with Crippen molar-refractivity contribution in [3.63, 3.8) is 0 Å². The Labute approximate surface area is 111 Å². The van der Waals surface area contributed by atoms with Gasteiger partial charge in [-0.25, -0.2) is 0 Å². The fourth-order valence-electron chi connectivity index (χ4n) is 2.88. The average Bonchev–Trinajstić information content (AvgIpc) is 3.11. The summed E-state index contributed by atoms with van der Waals surface area (Å²) in [5.41, 5.74) is 2.92. The molecule has 0 fully saturated rings. The molecule has 0 radical (unpaired) electrons. The van der Waals surface area contributed by atoms with Crippen molar-refractivity contribution >= 4 is 8.80 Å². The molecular weight excluding hydrogens is 232 g/mol. The first kappa shape index (κ1) is 11.5. The van der Waals surface area contributed by atoms with Crippen LogP contribution in [0.2, 0.25) is 11.1 Å². The van der Waals surface area contributed by atoms with Crippen LogP contribution in [0.25, 0.3) is 0 Å². The summed E-state index contributed by atoms with van der Waals surface area (Å²) in [6, 6.07) is 12.2. The summed E-state index contributed by atoms with van der Waals surface area (Å²) in [4.78, 5) is 0. The standard InChI is InChI=1S/C17H18Si/c1-2-8-15(9-3-1)14-18(16-10-4-5-11-16)17-12-6-7-13-17/h1-13,16-18H,14H2. The molecule has 1 aromatic rings. The van der Waals surface area contributed by atoms with E-state index in [-0.39, 0.29) is 0 Å². The highest BCUT2D eigenvalue weighted by molar-refractivity contribution is 6.64. The Morgan fingerprint density at radius 2 is 1.22 bits per heavy atom. The summed E-state index contributed by atoms with van der Waals surface area (Å²) >= 11 is 0. The normalized spacial score (nSPS) is 18.5. The first-order valence-corrected chi connectivity index (χ1v) is 8.82. The third-order valence-corrected chi connectivity index (χ3v) is 7.67. The molecular formula is C17H18Si. The van der Waals surface area contributed by atoms with Crippen LogP contribution in [0.4, 0.5) is 0 Å². The van der Waals surface area contributed by atoms with E-state index in [9.17, 15) is 0 Å². The molecule has 0 saturated carbocycles. The molecule has 0 amide bonds. The monoisotopic (exact) mass is 250 g/mol. The predicted octanol–water partition coefficient (Wildman–Crippen LogP) is 3.99. The van der Waals surface area contributed by atoms with Gasteiger partial charge in [-0.15, -0.1) is 0 Å². The molecule has 0 aromatic heterocycles. The largest absolute Gasteiger partial charge is 0.0806 e. The lowest BCUT2D eigenvalue weighted by Gasteiger charge is -2.23. The molecule has 2 aliphatic carbocycles. The maximum Gasteiger partial charge on any atom is 0.0648 e. The second kappa shape index (κ2) is 5.36. The van der Waals surface area contributed by atoms with Crippen molar-refractivity contribution in [1.29, 1.82) is 0 Å². The minimum atomic E-state index is -0.913. The minimum absolute atomic E-state index is 0.711. The Balaban J connectivity index is 1.81. The van der Waals surface area contributed by atoms with Gasteiger partial charge >= 0.3 is 0 Å². The van der Waals surface area contributed by atoms with E-state index >= 15 is 0 Å². The number of allylic oxidation sites excluding steroid dienone is 8. The highest BCUT2D eigenvalue weighted by Crippen LogP contribution is 2.33. The smallest absolute Gasteiger partial charge is 0.0648 e. The highest BCUT2D eigenvalue weighted by Gasteiger charge is 2.27. The van der Waals surface area contributed by atoms with Crippen LogP contribution in [0.3, 0.4) is 0 Å². The van der Waals surface area contributed by atoms with Crippen LogP contribution < -0.4 is 0 Å². The molecule has 90 valence electrons. The number of hydrogen-bond donors (Lipinski definition) is 0. The van der Waals surface area contributed by atoms with E-state index in [2.05, 4.69) is 78.9 Å². The molecule has 0 N–H and O–H groups in total. The number of hydrogen-bond acceptors (Lipinski definition) is 0. The van der Waals surface area contributed by atoms with Gasteiger partial charge in [0, 0.05) is 0 Å². The van der Waals surface area contributed by atoms with Gasteiger partial charge in [-0.1, -0.05) is 84.5 Å². The lowest BCUT2D eigenvalue weighted by Crippen LogP contribution is -2.25. The second-order valence-electron chi connectivity index (χ2n) is 5.05. The molecule has 18 heavy (non-hydrogen) atoms. The van der Waals surface area contributed by atoms with Crippen LogP contribution in [-0.4, -0.2) is 8.80 Å². The van der Waals surface area contributed by atoms with E-state index in [1.807, 2.05) is 0 Å². The van der Waals surface area contributed by atoms with Crippen molar-refractivity contribution in [2.45, 2.75) is 17.1 Å². The molecule has 0 aliphatic heterocycles. The van der Waals surface area contributed by atoms with Gasteiger partial charge in [0.2, 0.25) is 0 Å². The Bertz CT molecular complexity index is 456. The predicted molar refractivity (Wildman–Crippen MR) is 81.4 cm³/mol. The highest BCUT2D eigenvalue weighted by atomic mass is 28.3. The molecule has 1 heteroatoms. The summed E-state index contributed by atoms with van der Waals surface area (Å²) < 4.78 is 0. The molecule has 0 saturated heterocycles. The molecule has 1 aromatic carbocycles. The van der Waals surface area contributed by atoms with Gasteiger partial charge < -0.3 is 0 Å². The maximum atomic E-state index is 2.39. The first-order valence-electron chi connectivity index (χ1n) is 6.67. The van der Waals surface area contributed by atoms with Crippen molar-refractivity contribution < 1.29 is 0 Å². The average molecular weight is 250 g/mol. The van der Waals surface area contributed by atoms with Gasteiger partial charge in [-0.2, -0.15) is 0 Å². The van der Waals surface area contributed by atoms with E-state index in [1.165, 1.54) is 11.6 Å². The van der Waals surface area contributed by atoms with E-state index in [0.29, 0.717) is 11.1 Å². The van der Waals surface area contributed by atoms with E-state index in [1.54, 1.807) is 0 Å². The van der Waals surface area contributed by atoms with Gasteiger partial charge in [0.25, 0.3) is 0 Å². The zero-order chi connectivity index (χ0) is 12.2. The third-order valence-electron chi connectivity index (χ3n) is 3.86. The second-order valence-corrected chi connectivity index (χ2v) is 8.32. The topological polar surface area (TPSA) is 0 Å². The van der Waals surface area contributed by atoms with Crippen LogP contribution in [0, 0.1) is 0 Å². The molecule has 3 rings (SSSR count). The Morgan fingerprint density at radius 1 is 0.722 bits per heavy atom. The van der Waals surface area contributed by atoms with E-state index in [4.69, 9.17) is 0 Å². The van der Waals surface area contributed by atoms with Crippen molar-refractivity contribution in [3.8, 4) is 0 Å². The van der Waals surface area contributed by atoms with Crippen molar-refractivity contribution in [2.75, 3.05) is 0 Å². The molecule has 2 aliphatic rings. The lowest BCUT2D eigenvalue weighted by molar-refractivity contribution is 1.16. The van der Waals surface area contributed by atoms with E-state index in [0.717, 1.165) is 0 Å². The summed E-state index contributed by atoms with van der Waals surface area (Å²) in [7, 11) is -0.913. The Morgan fingerprint density at radius 3 is 1.72 bits per heavy atom. The minimum Gasteiger partial charge on any atom is -0.0806 e. The van der Waals surface area contributed by atoms with Crippen LogP contribution in [-0.2, 0) is 6.04 Å². The van der Waals surface area contributed by atoms with Crippen molar-refractivity contribution in [3.05, 3.63) is 84.5 Å². The Hall–Kier alpha value is -1.60. The summed E-state index contributed by atoms with van der Waals surface area (Å²) in [6.45, 7) is 0. The molecule has 0 heterocycles. The molecule has 0 spiro atoms. The van der Waals surface area contributed by atoms with E-state index < -0.39 is 8.80 Å². The quantitative estimate of drug-likeness (QED) is 0.709. The third kappa shape index (κ3) is 2.46. The fourth-order valence-corrected chi connectivity index (χ4v) is 6.41. The number of rotatable bonds is 4. The van der Waals surface area contributed by atoms with Crippen LogP contribution >= 0.6 is 0 Å². The lowest BCUT2D eigenvalue weighted by atomic mass is 10.2. The zero-order valence-electron chi connectivity index (χ0n) is 10.4. The molecule has 0 bridgehead atoms. The van der Waals surface area contributed by atoms with Crippen LogP contribution in [0.15, 0.2) is 78.9 Å². The molecule has 0 unspecified atom stereocenters. The fraction of sp³-hybridized carbons (Fsp3) is 0.176. The summed E-state index contributed by atoms with van der Waals surface area (Å²) in [5.74, 6) is 0. The summed E-state index contributed by atoms with van der Waals surface area (Å²) in [6.07, 6.45) is 18.4. The van der Waals surface area contributed by atoms with Gasteiger partial charge in [0.1, 0.15) is 0 Å². The van der Waals surface area contributed by atoms with Crippen molar-refractivity contribution in [1.82, 2.24) is 0 Å².